The van der Waals surface area contributed by atoms with Crippen LogP contribution in [0.1, 0.15) is 33.6 Å². The number of nitrogens with zero attached hydrogens (tertiary/aromatic N) is 2. The fourth-order valence-electron chi connectivity index (χ4n) is 4.15. The molecular weight excluding hydrogens is 643 g/mol. The van der Waals surface area contributed by atoms with Gasteiger partial charge in [0.05, 0.1) is 11.8 Å². The van der Waals surface area contributed by atoms with Gasteiger partial charge < -0.3 is 0 Å². The Kier molecular flexibility index (Phi) is 7.43. The first-order valence-electron chi connectivity index (χ1n) is 10.2. The Labute approximate surface area is 221 Å². The SMILES string of the molecule is O=C(CN(C(=O)c1ccc(Cl)cc1)N1C(=O)[C@@H]2C[C@@H](Br)[C@@H](Br)C[C@H]2C1=O)c1ccc(Br)cc1. The predicted molar refractivity (Wildman–Crippen MR) is 134 cm³/mol. The van der Waals surface area contributed by atoms with E-state index in [0.717, 1.165) is 14.5 Å². The number of halogens is 4. The quantitative estimate of drug-likeness (QED) is 0.249. The van der Waals surface area contributed by atoms with Gasteiger partial charge in [0.1, 0.15) is 6.54 Å². The van der Waals surface area contributed by atoms with Gasteiger partial charge >= 0.3 is 0 Å². The molecule has 0 N–H and O–H groups in total. The number of carbonyl (C=O) groups is 4. The van der Waals surface area contributed by atoms with E-state index in [2.05, 4.69) is 47.8 Å². The minimum absolute atomic E-state index is 0.0280. The third-order valence-corrected chi connectivity index (χ3v) is 9.43. The highest BCUT2D eigenvalue weighted by atomic mass is 79.9. The van der Waals surface area contributed by atoms with Crippen LogP contribution in [0.3, 0.4) is 0 Å². The Hall–Kier alpha value is -1.55. The minimum atomic E-state index is -0.622. The number of rotatable bonds is 5. The summed E-state index contributed by atoms with van der Waals surface area (Å²) in [4.78, 5) is 53.2. The summed E-state index contributed by atoms with van der Waals surface area (Å²) in [5.74, 6) is -3.02. The molecule has 0 spiro atoms. The van der Waals surface area contributed by atoms with Crippen molar-refractivity contribution in [2.24, 2.45) is 11.8 Å². The van der Waals surface area contributed by atoms with Gasteiger partial charge in [-0.25, -0.2) is 5.01 Å². The maximum Gasteiger partial charge on any atom is 0.273 e. The van der Waals surface area contributed by atoms with Crippen molar-refractivity contribution in [3.8, 4) is 0 Å². The second-order valence-corrected chi connectivity index (χ2v) is 11.7. The molecule has 1 aliphatic heterocycles. The summed E-state index contributed by atoms with van der Waals surface area (Å²) in [5, 5.41) is 2.30. The topological polar surface area (TPSA) is 74.8 Å². The van der Waals surface area contributed by atoms with Crippen molar-refractivity contribution in [1.29, 1.82) is 0 Å². The number of ketones is 1. The van der Waals surface area contributed by atoms with Crippen molar-refractivity contribution < 1.29 is 19.2 Å². The number of Topliss-reactive ketones (excluding diaryl/α,β-unsaturated/α-hetero) is 1. The molecule has 6 nitrogen and oxygen atoms in total. The van der Waals surface area contributed by atoms with E-state index in [4.69, 9.17) is 11.6 Å². The van der Waals surface area contributed by atoms with Crippen LogP contribution in [0.15, 0.2) is 53.0 Å². The molecule has 1 heterocycles. The van der Waals surface area contributed by atoms with E-state index in [1.165, 1.54) is 12.1 Å². The lowest BCUT2D eigenvalue weighted by Crippen LogP contribution is -2.52. The molecule has 0 bridgehead atoms. The molecule has 3 amide bonds. The van der Waals surface area contributed by atoms with E-state index in [-0.39, 0.29) is 15.2 Å². The molecule has 33 heavy (non-hydrogen) atoms. The van der Waals surface area contributed by atoms with E-state index in [0.29, 0.717) is 23.4 Å². The van der Waals surface area contributed by atoms with Gasteiger partial charge in [0.15, 0.2) is 5.78 Å². The highest BCUT2D eigenvalue weighted by Crippen LogP contribution is 2.43. The lowest BCUT2D eigenvalue weighted by Gasteiger charge is -2.30. The average Bonchev–Trinajstić information content (AvgIpc) is 3.02. The maximum absolute atomic E-state index is 13.4. The van der Waals surface area contributed by atoms with Crippen LogP contribution in [0.25, 0.3) is 0 Å². The van der Waals surface area contributed by atoms with Crippen LogP contribution in [0.2, 0.25) is 5.02 Å². The largest absolute Gasteiger partial charge is 0.292 e. The summed E-state index contributed by atoms with van der Waals surface area (Å²) in [6.07, 6.45) is 0.927. The zero-order valence-electron chi connectivity index (χ0n) is 17.1. The Morgan fingerprint density at radius 2 is 1.36 bits per heavy atom. The number of hydrogen-bond donors (Lipinski definition) is 0. The molecule has 0 unspecified atom stereocenters. The van der Waals surface area contributed by atoms with Gasteiger partial charge in [0.2, 0.25) is 0 Å². The van der Waals surface area contributed by atoms with Crippen molar-refractivity contribution >= 4 is 82.9 Å². The van der Waals surface area contributed by atoms with Gasteiger partial charge in [-0.15, -0.1) is 0 Å². The molecule has 172 valence electrons. The molecule has 1 saturated carbocycles. The maximum atomic E-state index is 13.4. The van der Waals surface area contributed by atoms with Gasteiger partial charge in [0.25, 0.3) is 17.7 Å². The Balaban J connectivity index is 1.69. The molecular formula is C23H18Br3ClN2O4. The number of benzene rings is 2. The number of amides is 3. The van der Waals surface area contributed by atoms with Gasteiger partial charge in [-0.3, -0.25) is 19.2 Å². The monoisotopic (exact) mass is 658 g/mol. The number of fused-ring (bicyclic) bond motifs is 1. The van der Waals surface area contributed by atoms with Crippen LogP contribution in [-0.2, 0) is 9.59 Å². The molecule has 0 aromatic heterocycles. The highest BCUT2D eigenvalue weighted by Gasteiger charge is 2.54. The smallest absolute Gasteiger partial charge is 0.273 e. The van der Waals surface area contributed by atoms with Crippen LogP contribution < -0.4 is 0 Å². The van der Waals surface area contributed by atoms with Crippen molar-refractivity contribution in [1.82, 2.24) is 10.0 Å². The standard InChI is InChI=1S/C23H18Br3ClN2O4/c24-14-5-1-12(2-6-14)20(30)11-28(21(31)13-3-7-15(27)8-4-13)29-22(32)16-9-18(25)19(26)10-17(16)23(29)33/h1-8,16-19H,9-11H2/t16-,17-,18-,19+/m1/s1. The van der Waals surface area contributed by atoms with Crippen molar-refractivity contribution in [2.75, 3.05) is 6.54 Å². The second kappa shape index (κ2) is 9.98. The zero-order valence-corrected chi connectivity index (χ0v) is 22.6. The number of hydrogen-bond acceptors (Lipinski definition) is 4. The summed E-state index contributed by atoms with van der Waals surface area (Å²) in [7, 11) is 0. The lowest BCUT2D eigenvalue weighted by molar-refractivity contribution is -0.154. The summed E-state index contributed by atoms with van der Waals surface area (Å²) < 4.78 is 0.802. The number of carbonyl (C=O) groups excluding carboxylic acids is 4. The van der Waals surface area contributed by atoms with E-state index in [1.807, 2.05) is 0 Å². The van der Waals surface area contributed by atoms with Crippen molar-refractivity contribution in [3.05, 3.63) is 69.2 Å². The fraction of sp³-hybridized carbons (Fsp3) is 0.304. The average molecular weight is 662 g/mol. The lowest BCUT2D eigenvalue weighted by atomic mass is 9.81. The first-order chi connectivity index (χ1) is 15.7. The Bertz CT molecular complexity index is 1080. The summed E-state index contributed by atoms with van der Waals surface area (Å²) in [5.41, 5.74) is 0.583. The molecule has 0 radical (unpaired) electrons. The summed E-state index contributed by atoms with van der Waals surface area (Å²) in [6.45, 7) is -0.449. The Morgan fingerprint density at radius 1 is 0.879 bits per heavy atom. The van der Waals surface area contributed by atoms with E-state index >= 15 is 0 Å². The van der Waals surface area contributed by atoms with Crippen molar-refractivity contribution in [3.63, 3.8) is 0 Å². The second-order valence-electron chi connectivity index (χ2n) is 8.00. The van der Waals surface area contributed by atoms with Crippen LogP contribution >= 0.6 is 59.4 Å². The molecule has 1 aliphatic carbocycles. The molecule has 4 atom stereocenters. The predicted octanol–water partition coefficient (Wildman–Crippen LogP) is 5.26. The molecule has 2 aliphatic rings. The van der Waals surface area contributed by atoms with E-state index in [9.17, 15) is 19.2 Å². The van der Waals surface area contributed by atoms with Crippen molar-refractivity contribution in [2.45, 2.75) is 22.5 Å². The molecule has 4 rings (SSSR count). The van der Waals surface area contributed by atoms with Gasteiger partial charge in [-0.2, -0.15) is 5.01 Å². The number of hydrazine groups is 1. The van der Waals surface area contributed by atoms with E-state index < -0.39 is 41.9 Å². The van der Waals surface area contributed by atoms with Gasteiger partial charge in [0, 0.05) is 30.3 Å². The molecule has 2 fully saturated rings. The fourth-order valence-corrected chi connectivity index (χ4v) is 5.78. The number of imide groups is 1. The third-order valence-electron chi connectivity index (χ3n) is 5.91. The molecule has 10 heteroatoms. The van der Waals surface area contributed by atoms with Gasteiger partial charge in [-0.05, 0) is 49.2 Å². The summed E-state index contributed by atoms with van der Waals surface area (Å²) >= 11 is 16.4. The normalized spacial score (nSPS) is 24.5. The third kappa shape index (κ3) is 4.97. The van der Waals surface area contributed by atoms with Crippen LogP contribution in [0, 0.1) is 11.8 Å². The molecule has 2 aromatic rings. The first kappa shape index (κ1) is 24.6. The van der Waals surface area contributed by atoms with Crippen LogP contribution in [0.5, 0.6) is 0 Å². The van der Waals surface area contributed by atoms with Crippen LogP contribution in [0.4, 0.5) is 0 Å². The number of alkyl halides is 2. The zero-order chi connectivity index (χ0) is 23.9. The van der Waals surface area contributed by atoms with Crippen LogP contribution in [-0.4, -0.2) is 49.7 Å². The Morgan fingerprint density at radius 3 is 1.88 bits per heavy atom. The molecule has 2 aromatic carbocycles. The summed E-state index contributed by atoms with van der Waals surface area (Å²) in [6, 6.07) is 12.8. The van der Waals surface area contributed by atoms with E-state index in [1.54, 1.807) is 36.4 Å². The first-order valence-corrected chi connectivity index (χ1v) is 13.2. The molecule has 1 saturated heterocycles. The highest BCUT2D eigenvalue weighted by molar-refractivity contribution is 9.12. The minimum Gasteiger partial charge on any atom is -0.292 e. The van der Waals surface area contributed by atoms with Gasteiger partial charge in [-0.1, -0.05) is 71.5 Å².